The van der Waals surface area contributed by atoms with Gasteiger partial charge in [0.15, 0.2) is 0 Å². The lowest BCUT2D eigenvalue weighted by Gasteiger charge is -2.32. The summed E-state index contributed by atoms with van der Waals surface area (Å²) in [5.41, 5.74) is -0.695. The highest BCUT2D eigenvalue weighted by molar-refractivity contribution is 7.89. The third-order valence-electron chi connectivity index (χ3n) is 3.75. The van der Waals surface area contributed by atoms with Crippen molar-refractivity contribution in [2.24, 2.45) is 0 Å². The number of hydrogen-bond acceptors (Lipinski definition) is 4. The van der Waals surface area contributed by atoms with Gasteiger partial charge in [-0.3, -0.25) is 4.79 Å². The second-order valence-corrected chi connectivity index (χ2v) is 7.47. The van der Waals surface area contributed by atoms with Gasteiger partial charge in [-0.1, -0.05) is 13.0 Å². The van der Waals surface area contributed by atoms with Gasteiger partial charge in [0.25, 0.3) is 5.91 Å². The van der Waals surface area contributed by atoms with E-state index < -0.39 is 27.4 Å². The molecule has 0 aliphatic heterocycles. The molecule has 0 aliphatic carbocycles. The molecule has 128 valence electrons. The first-order chi connectivity index (χ1) is 10.4. The second-order valence-electron chi connectivity index (χ2n) is 5.71. The first kappa shape index (κ1) is 19.1. The van der Waals surface area contributed by atoms with Crippen molar-refractivity contribution < 1.29 is 23.1 Å². The molecule has 0 atom stereocenters. The molecule has 0 unspecified atom stereocenters. The van der Waals surface area contributed by atoms with Gasteiger partial charge in [-0.2, -0.15) is 0 Å². The Hall–Kier alpha value is -1.93. The average molecular weight is 342 g/mol. The maximum atomic E-state index is 12.6. The molecule has 7 nitrogen and oxygen atoms in total. The highest BCUT2D eigenvalue weighted by Crippen LogP contribution is 2.21. The van der Waals surface area contributed by atoms with Crippen molar-refractivity contribution in [1.82, 2.24) is 9.62 Å². The summed E-state index contributed by atoms with van der Waals surface area (Å²) in [6, 6.07) is 4.20. The summed E-state index contributed by atoms with van der Waals surface area (Å²) in [6.07, 6.45) is 0. The summed E-state index contributed by atoms with van der Waals surface area (Å²) in [5.74, 6) is -1.70. The number of amides is 1. The van der Waals surface area contributed by atoms with Crippen molar-refractivity contribution in [1.29, 1.82) is 0 Å². The van der Waals surface area contributed by atoms with E-state index in [4.69, 9.17) is 0 Å². The Balaban J connectivity index is 3.33. The number of nitrogens with zero attached hydrogens (tertiary/aromatic N) is 1. The fourth-order valence-electron chi connectivity index (χ4n) is 1.85. The number of rotatable bonds is 6. The first-order valence-electron chi connectivity index (χ1n) is 7.07. The van der Waals surface area contributed by atoms with Crippen LogP contribution in [0.4, 0.5) is 0 Å². The minimum absolute atomic E-state index is 0.0326. The quantitative estimate of drug-likeness (QED) is 0.809. The number of likely N-dealkylation sites (N-methyl/N-ethyl adjacent to an activating group) is 1. The van der Waals surface area contributed by atoms with Crippen molar-refractivity contribution in [2.75, 3.05) is 13.6 Å². The Morgan fingerprint density at radius 2 is 1.87 bits per heavy atom. The maximum Gasteiger partial charge on any atom is 0.329 e. The molecule has 0 saturated heterocycles. The molecule has 0 heterocycles. The van der Waals surface area contributed by atoms with Crippen LogP contribution in [-0.4, -0.2) is 49.4 Å². The lowest BCUT2D eigenvalue weighted by molar-refractivity contribution is -0.147. The van der Waals surface area contributed by atoms with Crippen LogP contribution in [0.15, 0.2) is 23.1 Å². The lowest BCUT2D eigenvalue weighted by atomic mass is 10.0. The van der Waals surface area contributed by atoms with Crippen molar-refractivity contribution in [3.05, 3.63) is 29.3 Å². The van der Waals surface area contributed by atoms with E-state index in [0.29, 0.717) is 5.56 Å². The van der Waals surface area contributed by atoms with Gasteiger partial charge < -0.3 is 10.0 Å². The smallest absolute Gasteiger partial charge is 0.329 e. The van der Waals surface area contributed by atoms with Crippen LogP contribution in [0.5, 0.6) is 0 Å². The monoisotopic (exact) mass is 342 g/mol. The SMILES string of the molecule is CCNS(=O)(=O)c1ccc(C)c(C(=O)N(C)C(C)(C)C(=O)O)c1. The minimum Gasteiger partial charge on any atom is -0.480 e. The van der Waals surface area contributed by atoms with Crippen molar-refractivity contribution in [2.45, 2.75) is 38.1 Å². The van der Waals surface area contributed by atoms with E-state index in [2.05, 4.69) is 4.72 Å². The van der Waals surface area contributed by atoms with Gasteiger partial charge in [-0.25, -0.2) is 17.9 Å². The Kier molecular flexibility index (Phi) is 5.55. The first-order valence-corrected chi connectivity index (χ1v) is 8.55. The van der Waals surface area contributed by atoms with E-state index >= 15 is 0 Å². The van der Waals surface area contributed by atoms with E-state index in [1.54, 1.807) is 13.8 Å². The largest absolute Gasteiger partial charge is 0.480 e. The van der Waals surface area contributed by atoms with Crippen molar-refractivity contribution in [3.8, 4) is 0 Å². The molecule has 0 aliphatic rings. The van der Waals surface area contributed by atoms with E-state index in [1.165, 1.54) is 39.1 Å². The number of carbonyl (C=O) groups is 2. The Bertz CT molecular complexity index is 725. The molecule has 1 aromatic carbocycles. The van der Waals surface area contributed by atoms with Crippen LogP contribution in [-0.2, 0) is 14.8 Å². The topological polar surface area (TPSA) is 104 Å². The van der Waals surface area contributed by atoms with Gasteiger partial charge in [0.2, 0.25) is 10.0 Å². The van der Waals surface area contributed by atoms with Gasteiger partial charge in [0.1, 0.15) is 5.54 Å². The van der Waals surface area contributed by atoms with Gasteiger partial charge in [0.05, 0.1) is 4.90 Å². The zero-order valence-corrected chi connectivity index (χ0v) is 14.7. The number of sulfonamides is 1. The molecule has 2 N–H and O–H groups in total. The van der Waals surface area contributed by atoms with Gasteiger partial charge >= 0.3 is 5.97 Å². The third kappa shape index (κ3) is 3.89. The molecule has 0 fully saturated rings. The summed E-state index contributed by atoms with van der Waals surface area (Å²) in [4.78, 5) is 24.9. The summed E-state index contributed by atoms with van der Waals surface area (Å²) >= 11 is 0. The van der Waals surface area contributed by atoms with Crippen LogP contribution in [0.2, 0.25) is 0 Å². The fourth-order valence-corrected chi connectivity index (χ4v) is 2.92. The maximum absolute atomic E-state index is 12.6. The Labute approximate surface area is 136 Å². The number of carbonyl (C=O) groups excluding carboxylic acids is 1. The molecular weight excluding hydrogens is 320 g/mol. The van der Waals surface area contributed by atoms with E-state index in [-0.39, 0.29) is 17.0 Å². The lowest BCUT2D eigenvalue weighted by Crippen LogP contribution is -2.50. The fraction of sp³-hybridized carbons (Fsp3) is 0.467. The predicted molar refractivity (Wildman–Crippen MR) is 85.8 cm³/mol. The van der Waals surface area contributed by atoms with Gasteiger partial charge in [-0.15, -0.1) is 0 Å². The Morgan fingerprint density at radius 3 is 2.35 bits per heavy atom. The normalized spacial score (nSPS) is 12.0. The van der Waals surface area contributed by atoms with Crippen molar-refractivity contribution in [3.63, 3.8) is 0 Å². The molecule has 1 aromatic rings. The van der Waals surface area contributed by atoms with Crippen molar-refractivity contribution >= 4 is 21.9 Å². The highest BCUT2D eigenvalue weighted by atomic mass is 32.2. The molecule has 23 heavy (non-hydrogen) atoms. The molecule has 0 radical (unpaired) electrons. The van der Waals surface area contributed by atoms with E-state index in [1.807, 2.05) is 0 Å². The number of aryl methyl sites for hydroxylation is 1. The molecular formula is C15H22N2O5S. The standard InChI is InChI=1S/C15H22N2O5S/c1-6-16-23(21,22)11-8-7-10(2)12(9-11)13(18)17(5)15(3,4)14(19)20/h7-9,16H,6H2,1-5H3,(H,19,20). The molecule has 0 bridgehead atoms. The van der Waals surface area contributed by atoms with Crippen LogP contribution in [0.1, 0.15) is 36.7 Å². The number of aliphatic carboxylic acids is 1. The molecule has 1 rings (SSSR count). The molecule has 0 saturated carbocycles. The average Bonchev–Trinajstić information content (AvgIpc) is 2.45. The summed E-state index contributed by atoms with van der Waals surface area (Å²) in [7, 11) is -2.32. The summed E-state index contributed by atoms with van der Waals surface area (Å²) in [5, 5.41) is 9.23. The van der Waals surface area contributed by atoms with E-state index in [9.17, 15) is 23.1 Å². The van der Waals surface area contributed by atoms with Crippen LogP contribution in [0.3, 0.4) is 0 Å². The number of benzene rings is 1. The van der Waals surface area contributed by atoms with Crippen LogP contribution < -0.4 is 4.72 Å². The Morgan fingerprint density at radius 1 is 1.30 bits per heavy atom. The molecule has 8 heteroatoms. The third-order valence-corrected chi connectivity index (χ3v) is 5.29. The zero-order chi connectivity index (χ0) is 18.0. The number of hydrogen-bond donors (Lipinski definition) is 2. The zero-order valence-electron chi connectivity index (χ0n) is 13.9. The second kappa shape index (κ2) is 6.67. The molecule has 0 spiro atoms. The van der Waals surface area contributed by atoms with Gasteiger partial charge in [0, 0.05) is 19.2 Å². The summed E-state index contributed by atoms with van der Waals surface area (Å²) in [6.45, 7) is 6.36. The highest BCUT2D eigenvalue weighted by Gasteiger charge is 2.36. The van der Waals surface area contributed by atoms with Crippen LogP contribution in [0.25, 0.3) is 0 Å². The predicted octanol–water partition coefficient (Wildman–Crippen LogP) is 1.23. The number of carboxylic acid groups (broad SMARTS) is 1. The minimum atomic E-state index is -3.70. The summed E-state index contributed by atoms with van der Waals surface area (Å²) < 4.78 is 26.5. The number of carboxylic acids is 1. The van der Waals surface area contributed by atoms with Gasteiger partial charge in [-0.05, 0) is 38.5 Å². The number of nitrogens with one attached hydrogen (secondary N) is 1. The molecule has 0 aromatic heterocycles. The molecule has 1 amide bonds. The van der Waals surface area contributed by atoms with Crippen LogP contribution in [0, 0.1) is 6.92 Å². The van der Waals surface area contributed by atoms with Crippen LogP contribution >= 0.6 is 0 Å². The van der Waals surface area contributed by atoms with E-state index in [0.717, 1.165) is 4.90 Å².